The van der Waals surface area contributed by atoms with Gasteiger partial charge in [-0.15, -0.1) is 11.3 Å². The van der Waals surface area contributed by atoms with Gasteiger partial charge < -0.3 is 10.1 Å². The lowest BCUT2D eigenvalue weighted by Gasteiger charge is -2.02. The average molecular weight is 449 g/mol. The van der Waals surface area contributed by atoms with Gasteiger partial charge in [0, 0.05) is 22.8 Å². The van der Waals surface area contributed by atoms with Crippen molar-refractivity contribution in [1.29, 1.82) is 0 Å². The SMILES string of the molecule is COc1ccc2nc(NC(=O)Cc3csc4nc(-c5ccc(C)c(C)c5)cn34)sc2c1. The van der Waals surface area contributed by atoms with Crippen LogP contribution in [0.5, 0.6) is 5.75 Å². The fourth-order valence-electron chi connectivity index (χ4n) is 3.41. The summed E-state index contributed by atoms with van der Waals surface area (Å²) in [5.41, 5.74) is 6.24. The van der Waals surface area contributed by atoms with Crippen molar-refractivity contribution in [2.75, 3.05) is 12.4 Å². The third-order valence-electron chi connectivity index (χ3n) is 5.27. The average Bonchev–Trinajstić information content (AvgIpc) is 3.44. The highest BCUT2D eigenvalue weighted by Crippen LogP contribution is 2.30. The van der Waals surface area contributed by atoms with Crippen molar-refractivity contribution in [3.05, 3.63) is 64.8 Å². The number of ether oxygens (including phenoxy) is 1. The Morgan fingerprint density at radius 3 is 2.81 bits per heavy atom. The second-order valence-corrected chi connectivity index (χ2v) is 9.25. The number of aryl methyl sites for hydroxylation is 2. The number of hydrogen-bond donors (Lipinski definition) is 1. The number of nitrogens with zero attached hydrogens (tertiary/aromatic N) is 3. The molecule has 0 saturated carbocycles. The topological polar surface area (TPSA) is 68.5 Å². The van der Waals surface area contributed by atoms with E-state index in [-0.39, 0.29) is 12.3 Å². The van der Waals surface area contributed by atoms with E-state index in [1.807, 2.05) is 34.2 Å². The Hall–Kier alpha value is -3.23. The number of amides is 1. The lowest BCUT2D eigenvalue weighted by atomic mass is 10.1. The molecule has 0 aliphatic rings. The van der Waals surface area contributed by atoms with Crippen LogP contribution in [0.15, 0.2) is 48.0 Å². The summed E-state index contributed by atoms with van der Waals surface area (Å²) in [6, 6.07) is 12.0. The van der Waals surface area contributed by atoms with Gasteiger partial charge >= 0.3 is 0 Å². The molecule has 0 bridgehead atoms. The summed E-state index contributed by atoms with van der Waals surface area (Å²) in [5, 5.41) is 5.49. The van der Waals surface area contributed by atoms with Crippen molar-refractivity contribution in [2.24, 2.45) is 0 Å². The summed E-state index contributed by atoms with van der Waals surface area (Å²) in [7, 11) is 1.63. The van der Waals surface area contributed by atoms with E-state index in [1.165, 1.54) is 33.8 Å². The third kappa shape index (κ3) is 3.80. The zero-order chi connectivity index (χ0) is 21.5. The predicted molar refractivity (Wildman–Crippen MR) is 126 cm³/mol. The van der Waals surface area contributed by atoms with E-state index in [0.29, 0.717) is 5.13 Å². The van der Waals surface area contributed by atoms with E-state index in [1.54, 1.807) is 7.11 Å². The van der Waals surface area contributed by atoms with Crippen LogP contribution < -0.4 is 10.1 Å². The first-order valence-electron chi connectivity index (χ1n) is 9.77. The van der Waals surface area contributed by atoms with Crippen LogP contribution in [0.1, 0.15) is 16.8 Å². The van der Waals surface area contributed by atoms with E-state index in [4.69, 9.17) is 9.72 Å². The van der Waals surface area contributed by atoms with Gasteiger partial charge in [0.15, 0.2) is 10.1 Å². The van der Waals surface area contributed by atoms with Gasteiger partial charge in [-0.25, -0.2) is 9.97 Å². The van der Waals surface area contributed by atoms with Crippen molar-refractivity contribution in [1.82, 2.24) is 14.4 Å². The maximum Gasteiger partial charge on any atom is 0.232 e. The molecular formula is C23H20N4O2S2. The number of imidazole rings is 1. The summed E-state index contributed by atoms with van der Waals surface area (Å²) in [4.78, 5) is 22.8. The molecule has 0 radical (unpaired) electrons. The minimum Gasteiger partial charge on any atom is -0.497 e. The number of aromatic nitrogens is 3. The summed E-state index contributed by atoms with van der Waals surface area (Å²) in [6.07, 6.45) is 2.25. The number of rotatable bonds is 5. The first kappa shape index (κ1) is 19.7. The van der Waals surface area contributed by atoms with Gasteiger partial charge in [-0.1, -0.05) is 23.5 Å². The molecule has 156 valence electrons. The molecular weight excluding hydrogens is 428 g/mol. The number of thiazole rings is 2. The monoisotopic (exact) mass is 448 g/mol. The third-order valence-corrected chi connectivity index (χ3v) is 7.09. The maximum absolute atomic E-state index is 12.7. The van der Waals surface area contributed by atoms with Crippen molar-refractivity contribution < 1.29 is 9.53 Å². The van der Waals surface area contributed by atoms with Crippen LogP contribution in [0.3, 0.4) is 0 Å². The van der Waals surface area contributed by atoms with Crippen LogP contribution in [0, 0.1) is 13.8 Å². The molecule has 6 nitrogen and oxygen atoms in total. The first-order chi connectivity index (χ1) is 15.0. The van der Waals surface area contributed by atoms with Crippen LogP contribution in [0.25, 0.3) is 26.4 Å². The van der Waals surface area contributed by atoms with Gasteiger partial charge in [-0.05, 0) is 49.2 Å². The Kier molecular flexibility index (Phi) is 4.95. The van der Waals surface area contributed by atoms with E-state index in [2.05, 4.69) is 42.3 Å². The lowest BCUT2D eigenvalue weighted by molar-refractivity contribution is -0.115. The zero-order valence-electron chi connectivity index (χ0n) is 17.3. The second kappa shape index (κ2) is 7.79. The van der Waals surface area contributed by atoms with Gasteiger partial charge in [0.1, 0.15) is 5.75 Å². The molecule has 5 rings (SSSR count). The number of hydrogen-bond acceptors (Lipinski definition) is 6. The fraction of sp³-hybridized carbons (Fsp3) is 0.174. The van der Waals surface area contributed by atoms with Gasteiger partial charge in [-0.3, -0.25) is 9.20 Å². The second-order valence-electron chi connectivity index (χ2n) is 7.38. The predicted octanol–water partition coefficient (Wildman–Crippen LogP) is 5.48. The van der Waals surface area contributed by atoms with Gasteiger partial charge in [-0.2, -0.15) is 0 Å². The molecule has 0 aliphatic heterocycles. The van der Waals surface area contributed by atoms with Crippen LogP contribution >= 0.6 is 22.7 Å². The number of carbonyl (C=O) groups excluding carboxylic acids is 1. The number of carbonyl (C=O) groups is 1. The minimum absolute atomic E-state index is 0.104. The van der Waals surface area contributed by atoms with E-state index in [0.717, 1.165) is 37.9 Å². The number of methoxy groups -OCH3 is 1. The number of benzene rings is 2. The molecule has 1 N–H and O–H groups in total. The molecule has 1 amide bonds. The summed E-state index contributed by atoms with van der Waals surface area (Å²) < 4.78 is 8.22. The summed E-state index contributed by atoms with van der Waals surface area (Å²) in [6.45, 7) is 4.20. The van der Waals surface area contributed by atoms with E-state index < -0.39 is 0 Å². The van der Waals surface area contributed by atoms with Crippen molar-refractivity contribution in [2.45, 2.75) is 20.3 Å². The highest BCUT2D eigenvalue weighted by Gasteiger charge is 2.14. The molecule has 2 aromatic carbocycles. The molecule has 8 heteroatoms. The highest BCUT2D eigenvalue weighted by atomic mass is 32.1. The van der Waals surface area contributed by atoms with Gasteiger partial charge in [0.05, 0.1) is 29.4 Å². The van der Waals surface area contributed by atoms with Crippen LogP contribution in [-0.4, -0.2) is 27.4 Å². The Morgan fingerprint density at radius 2 is 2.00 bits per heavy atom. The van der Waals surface area contributed by atoms with Crippen LogP contribution in [0.4, 0.5) is 5.13 Å². The normalized spacial score (nSPS) is 11.3. The molecule has 0 atom stereocenters. The highest BCUT2D eigenvalue weighted by molar-refractivity contribution is 7.22. The molecule has 5 aromatic rings. The molecule has 0 unspecified atom stereocenters. The number of fused-ring (bicyclic) bond motifs is 2. The smallest absolute Gasteiger partial charge is 0.232 e. The van der Waals surface area contributed by atoms with E-state index >= 15 is 0 Å². The quantitative estimate of drug-likeness (QED) is 0.387. The summed E-state index contributed by atoms with van der Waals surface area (Å²) >= 11 is 2.97. The molecule has 0 aliphatic carbocycles. The maximum atomic E-state index is 12.7. The van der Waals surface area contributed by atoms with Crippen LogP contribution in [-0.2, 0) is 11.2 Å². The molecule has 3 heterocycles. The van der Waals surface area contributed by atoms with E-state index in [9.17, 15) is 4.79 Å². The molecule has 31 heavy (non-hydrogen) atoms. The number of anilines is 1. The molecule has 0 spiro atoms. The van der Waals surface area contributed by atoms with Crippen molar-refractivity contribution in [3.8, 4) is 17.0 Å². The molecule has 0 fully saturated rings. The Labute approximate surface area is 187 Å². The van der Waals surface area contributed by atoms with Crippen LogP contribution in [0.2, 0.25) is 0 Å². The Morgan fingerprint density at radius 1 is 1.13 bits per heavy atom. The molecule has 0 saturated heterocycles. The van der Waals surface area contributed by atoms with Crippen molar-refractivity contribution >= 4 is 48.9 Å². The Balaban J connectivity index is 1.35. The minimum atomic E-state index is -0.104. The first-order valence-corrected chi connectivity index (χ1v) is 11.5. The van der Waals surface area contributed by atoms with Gasteiger partial charge in [0.25, 0.3) is 0 Å². The molecule has 3 aromatic heterocycles. The largest absolute Gasteiger partial charge is 0.497 e. The Bertz CT molecular complexity index is 1430. The van der Waals surface area contributed by atoms with Crippen molar-refractivity contribution in [3.63, 3.8) is 0 Å². The zero-order valence-corrected chi connectivity index (χ0v) is 18.9. The van der Waals surface area contributed by atoms with Gasteiger partial charge in [0.2, 0.25) is 5.91 Å². The summed E-state index contributed by atoms with van der Waals surface area (Å²) in [5.74, 6) is 0.668. The standard InChI is InChI=1S/C23H20N4O2S2/c1-13-4-5-15(8-14(13)2)19-11-27-16(12-30-23(27)25-19)9-21(28)26-22-24-18-7-6-17(29-3)10-20(18)31-22/h4-8,10-12H,9H2,1-3H3,(H,24,26,28). The number of nitrogens with one attached hydrogen (secondary N) is 1. The lowest BCUT2D eigenvalue weighted by Crippen LogP contribution is -2.15. The fourth-order valence-corrected chi connectivity index (χ4v) is 5.19.